The largest absolute Gasteiger partial charge is 0.349 e. The second-order valence-corrected chi connectivity index (χ2v) is 9.94. The number of nitrogens with zero attached hydrogens (tertiary/aromatic N) is 1. The molecule has 3 rings (SSSR count). The van der Waals surface area contributed by atoms with E-state index in [2.05, 4.69) is 10.0 Å². The van der Waals surface area contributed by atoms with Crippen molar-refractivity contribution in [1.82, 2.24) is 10.0 Å². The van der Waals surface area contributed by atoms with E-state index in [1.54, 1.807) is 12.1 Å². The van der Waals surface area contributed by atoms with Crippen LogP contribution in [0.2, 0.25) is 5.02 Å². The first-order valence-corrected chi connectivity index (χ1v) is 11.9. The van der Waals surface area contributed by atoms with Crippen LogP contribution in [0.15, 0.2) is 47.4 Å². The first-order valence-electron chi connectivity index (χ1n) is 10.1. The first-order chi connectivity index (χ1) is 15.1. The van der Waals surface area contributed by atoms with E-state index in [0.29, 0.717) is 25.7 Å². The zero-order valence-corrected chi connectivity index (χ0v) is 18.8. The molecule has 8 nitrogen and oxygen atoms in total. The van der Waals surface area contributed by atoms with Crippen LogP contribution in [0, 0.1) is 21.8 Å². The summed E-state index contributed by atoms with van der Waals surface area (Å²) in [6, 6.07) is 8.58. The van der Waals surface area contributed by atoms with Crippen LogP contribution in [0.25, 0.3) is 0 Å². The fourth-order valence-electron chi connectivity index (χ4n) is 3.73. The molecule has 1 atom stereocenters. The molecule has 0 aromatic heterocycles. The summed E-state index contributed by atoms with van der Waals surface area (Å²) < 4.78 is 40.9. The van der Waals surface area contributed by atoms with Crippen molar-refractivity contribution in [2.24, 2.45) is 5.92 Å². The van der Waals surface area contributed by atoms with Crippen molar-refractivity contribution in [3.8, 4) is 0 Å². The third kappa shape index (κ3) is 5.81. The van der Waals surface area contributed by atoms with Crippen LogP contribution in [-0.2, 0) is 14.8 Å². The van der Waals surface area contributed by atoms with Gasteiger partial charge >= 0.3 is 0 Å². The maximum Gasteiger partial charge on any atom is 0.289 e. The van der Waals surface area contributed by atoms with E-state index < -0.39 is 20.6 Å². The van der Waals surface area contributed by atoms with E-state index in [1.165, 1.54) is 24.3 Å². The average Bonchev–Trinajstić information content (AvgIpc) is 2.74. The summed E-state index contributed by atoms with van der Waals surface area (Å²) in [5.41, 5.74) is 0.309. The lowest BCUT2D eigenvalue weighted by Crippen LogP contribution is -2.41. The lowest BCUT2D eigenvalue weighted by molar-refractivity contribution is -0.384. The standard InChI is InChI=1S/C21H23ClFN3O5S/c1-13(14-2-6-16(23)7-3-14)24-21(27)15-4-8-17(9-5-15)25-32(30,31)18-10-11-19(22)20(12-18)26(28)29/h2-3,6-7,10-13,15,17,25H,4-5,8-9H2,1H3,(H,24,27)/t13-,15?,17?/m1/s1. The number of sulfonamides is 1. The van der Waals surface area contributed by atoms with E-state index in [1.807, 2.05) is 6.92 Å². The van der Waals surface area contributed by atoms with Crippen LogP contribution in [0.1, 0.15) is 44.2 Å². The van der Waals surface area contributed by atoms with Crippen molar-refractivity contribution in [3.63, 3.8) is 0 Å². The second kappa shape index (κ2) is 9.93. The SMILES string of the molecule is C[C@@H](NC(=O)C1CCC(NS(=O)(=O)c2ccc(Cl)c([N+](=O)[O-])c2)CC1)c1ccc(F)cc1. The number of hydrogen-bond acceptors (Lipinski definition) is 5. The van der Waals surface area contributed by atoms with Gasteiger partial charge in [-0.25, -0.2) is 17.5 Å². The number of halogens is 2. The Morgan fingerprint density at radius 2 is 1.78 bits per heavy atom. The van der Waals surface area contributed by atoms with Gasteiger partial charge in [-0.1, -0.05) is 23.7 Å². The topological polar surface area (TPSA) is 118 Å². The molecule has 1 aliphatic rings. The molecule has 2 aromatic carbocycles. The Morgan fingerprint density at radius 3 is 2.38 bits per heavy atom. The molecule has 1 saturated carbocycles. The van der Waals surface area contributed by atoms with Crippen molar-refractivity contribution in [3.05, 3.63) is 69.0 Å². The Hall–Kier alpha value is -2.56. The van der Waals surface area contributed by atoms with E-state index in [0.717, 1.165) is 11.6 Å². The lowest BCUT2D eigenvalue weighted by atomic mass is 9.85. The van der Waals surface area contributed by atoms with Crippen LogP contribution in [0.3, 0.4) is 0 Å². The zero-order chi connectivity index (χ0) is 23.5. The van der Waals surface area contributed by atoms with Crippen molar-refractivity contribution in [2.75, 3.05) is 0 Å². The number of carbonyl (C=O) groups excluding carboxylic acids is 1. The van der Waals surface area contributed by atoms with Crippen molar-refractivity contribution >= 4 is 33.2 Å². The van der Waals surface area contributed by atoms with Crippen molar-refractivity contribution in [2.45, 2.75) is 49.6 Å². The lowest BCUT2D eigenvalue weighted by Gasteiger charge is -2.29. The van der Waals surface area contributed by atoms with Gasteiger partial charge in [-0.05, 0) is 62.4 Å². The second-order valence-electron chi connectivity index (χ2n) is 7.82. The zero-order valence-electron chi connectivity index (χ0n) is 17.3. The highest BCUT2D eigenvalue weighted by molar-refractivity contribution is 7.89. The smallest absolute Gasteiger partial charge is 0.289 e. The summed E-state index contributed by atoms with van der Waals surface area (Å²) in [4.78, 5) is 22.6. The normalized spacial score (nSPS) is 19.8. The Morgan fingerprint density at radius 1 is 1.16 bits per heavy atom. The van der Waals surface area contributed by atoms with Gasteiger partial charge in [-0.2, -0.15) is 0 Å². The summed E-state index contributed by atoms with van der Waals surface area (Å²) in [5, 5.41) is 13.8. The summed E-state index contributed by atoms with van der Waals surface area (Å²) in [6.45, 7) is 1.82. The molecule has 1 aliphatic carbocycles. The Kier molecular flexibility index (Phi) is 7.47. The van der Waals surface area contributed by atoms with Gasteiger partial charge in [0.05, 0.1) is 15.9 Å². The average molecular weight is 484 g/mol. The van der Waals surface area contributed by atoms with Gasteiger partial charge < -0.3 is 5.32 Å². The number of rotatable bonds is 7. The molecule has 0 heterocycles. The van der Waals surface area contributed by atoms with Crippen LogP contribution in [0.4, 0.5) is 10.1 Å². The number of amides is 1. The van der Waals surface area contributed by atoms with E-state index in [9.17, 15) is 27.7 Å². The fraction of sp³-hybridized carbons (Fsp3) is 0.381. The highest BCUT2D eigenvalue weighted by Gasteiger charge is 2.30. The molecule has 0 spiro atoms. The van der Waals surface area contributed by atoms with E-state index in [4.69, 9.17) is 11.6 Å². The third-order valence-corrected chi connectivity index (χ3v) is 7.41. The molecular weight excluding hydrogens is 461 g/mol. The van der Waals surface area contributed by atoms with Crippen LogP contribution in [-0.4, -0.2) is 25.3 Å². The third-order valence-electron chi connectivity index (χ3n) is 5.57. The molecular formula is C21H23ClFN3O5S. The maximum absolute atomic E-state index is 13.1. The minimum absolute atomic E-state index is 0.128. The predicted octanol–water partition coefficient (Wildman–Crippen LogP) is 4.10. The molecule has 11 heteroatoms. The fourth-order valence-corrected chi connectivity index (χ4v) is 5.24. The number of nitro benzene ring substituents is 1. The van der Waals surface area contributed by atoms with Gasteiger partial charge in [0, 0.05) is 18.0 Å². The van der Waals surface area contributed by atoms with Gasteiger partial charge in [0.2, 0.25) is 15.9 Å². The quantitative estimate of drug-likeness (QED) is 0.454. The maximum atomic E-state index is 13.1. The molecule has 0 saturated heterocycles. The van der Waals surface area contributed by atoms with E-state index in [-0.39, 0.29) is 39.6 Å². The molecule has 2 N–H and O–H groups in total. The summed E-state index contributed by atoms with van der Waals surface area (Å²) in [6.07, 6.45) is 1.90. The summed E-state index contributed by atoms with van der Waals surface area (Å²) in [5.74, 6) is -0.729. The molecule has 0 bridgehead atoms. The Bertz CT molecular complexity index is 1100. The van der Waals surface area contributed by atoms with Crippen LogP contribution in [0.5, 0.6) is 0 Å². The molecule has 172 valence electrons. The van der Waals surface area contributed by atoms with Crippen LogP contribution < -0.4 is 10.0 Å². The molecule has 1 amide bonds. The summed E-state index contributed by atoms with van der Waals surface area (Å²) in [7, 11) is -3.97. The molecule has 1 fully saturated rings. The van der Waals surface area contributed by atoms with Gasteiger partial charge in [0.25, 0.3) is 5.69 Å². The number of nitrogens with one attached hydrogen (secondary N) is 2. The number of benzene rings is 2. The Labute approximate surface area is 190 Å². The number of nitro groups is 1. The van der Waals surface area contributed by atoms with Crippen LogP contribution >= 0.6 is 11.6 Å². The highest BCUT2D eigenvalue weighted by Crippen LogP contribution is 2.29. The van der Waals surface area contributed by atoms with Gasteiger partial charge in [-0.15, -0.1) is 0 Å². The molecule has 0 radical (unpaired) electrons. The Balaban J connectivity index is 1.56. The number of carbonyl (C=O) groups is 1. The summed E-state index contributed by atoms with van der Waals surface area (Å²) >= 11 is 5.75. The first kappa shape index (κ1) is 24.1. The predicted molar refractivity (Wildman–Crippen MR) is 117 cm³/mol. The van der Waals surface area contributed by atoms with E-state index >= 15 is 0 Å². The molecule has 32 heavy (non-hydrogen) atoms. The van der Waals surface area contributed by atoms with Crippen molar-refractivity contribution in [1.29, 1.82) is 0 Å². The molecule has 0 unspecified atom stereocenters. The highest BCUT2D eigenvalue weighted by atomic mass is 35.5. The molecule has 0 aliphatic heterocycles. The van der Waals surface area contributed by atoms with Gasteiger partial charge in [0.1, 0.15) is 10.8 Å². The van der Waals surface area contributed by atoms with Gasteiger partial charge in [-0.3, -0.25) is 14.9 Å². The minimum Gasteiger partial charge on any atom is -0.349 e. The minimum atomic E-state index is -3.97. The number of hydrogen-bond donors (Lipinski definition) is 2. The molecule has 2 aromatic rings. The van der Waals surface area contributed by atoms with Crippen molar-refractivity contribution < 1.29 is 22.5 Å². The monoisotopic (exact) mass is 483 g/mol. The van der Waals surface area contributed by atoms with Gasteiger partial charge in [0.15, 0.2) is 0 Å².